The Bertz CT molecular complexity index is 1370. The molecule has 0 heterocycles. The van der Waals surface area contributed by atoms with Crippen LogP contribution in [-0.2, 0) is 25.7 Å². The van der Waals surface area contributed by atoms with Gasteiger partial charge >= 0.3 is 59.1 Å². The molecule has 0 aliphatic heterocycles. The number of unbranched alkanes of at least 4 members (excludes halogenated alkanes) is 2. The number of rotatable bonds is 11. The van der Waals surface area contributed by atoms with Gasteiger partial charge in [-0.25, -0.2) is 16.8 Å². The van der Waals surface area contributed by atoms with Crippen molar-refractivity contribution in [3.8, 4) is 22.3 Å². The van der Waals surface area contributed by atoms with Gasteiger partial charge in [0.1, 0.15) is 0 Å². The first kappa shape index (κ1) is 32.7. The Labute approximate surface area is 264 Å². The van der Waals surface area contributed by atoms with Crippen molar-refractivity contribution in [2.75, 3.05) is 11.5 Å². The van der Waals surface area contributed by atoms with E-state index >= 15 is 0 Å². The van der Waals surface area contributed by atoms with Crippen molar-refractivity contribution in [3.05, 3.63) is 83.9 Å². The molecule has 186 valence electrons. The van der Waals surface area contributed by atoms with E-state index in [-0.39, 0.29) is 72.0 Å². The molecule has 0 radical (unpaired) electrons. The van der Waals surface area contributed by atoms with Crippen molar-refractivity contribution in [2.24, 2.45) is 0 Å². The van der Waals surface area contributed by atoms with E-state index in [0.717, 1.165) is 33.4 Å². The van der Waals surface area contributed by atoms with Crippen molar-refractivity contribution in [1.29, 1.82) is 0 Å². The van der Waals surface area contributed by atoms with Gasteiger partial charge in [0.15, 0.2) is 0 Å². The molecule has 3 aromatic rings. The minimum atomic E-state index is -4.29. The van der Waals surface area contributed by atoms with Crippen LogP contribution in [0, 0.1) is 0 Å². The first-order chi connectivity index (χ1) is 16.6. The zero-order chi connectivity index (χ0) is 25.1. The molecule has 0 N–H and O–H groups in total. The first-order valence-electron chi connectivity index (χ1n) is 11.8. The monoisotopic (exact) mass is 558 g/mol. The molecule has 37 heavy (non-hydrogen) atoms. The smallest absolute Gasteiger partial charge is 0.748 e. The Balaban J connectivity index is 0.00000241. The van der Waals surface area contributed by atoms with Crippen LogP contribution in [0.4, 0.5) is 0 Å². The Hall–Kier alpha value is -0.520. The van der Waals surface area contributed by atoms with Crippen molar-refractivity contribution in [3.63, 3.8) is 0 Å². The third-order valence-corrected chi connectivity index (χ3v) is 8.45. The van der Waals surface area contributed by atoms with E-state index in [1.54, 1.807) is 0 Å². The minimum Gasteiger partial charge on any atom is -0.748 e. The molecule has 0 unspecified atom stereocenters. The molecule has 0 saturated carbocycles. The molecule has 1 aliphatic carbocycles. The Morgan fingerprint density at radius 3 is 1.65 bits per heavy atom. The minimum absolute atomic E-state index is 0. The summed E-state index contributed by atoms with van der Waals surface area (Å²) >= 11 is 0. The summed E-state index contributed by atoms with van der Waals surface area (Å²) in [6.45, 7) is 0. The number of benzene rings is 3. The summed E-state index contributed by atoms with van der Waals surface area (Å²) in [5, 5.41) is 0. The molecule has 0 saturated heterocycles. The second kappa shape index (κ2) is 13.7. The maximum absolute atomic E-state index is 11.2. The van der Waals surface area contributed by atoms with Gasteiger partial charge in [-0.3, -0.25) is 0 Å². The van der Waals surface area contributed by atoms with Crippen LogP contribution in [0.25, 0.3) is 22.3 Å². The molecule has 1 aliphatic rings. The van der Waals surface area contributed by atoms with E-state index in [4.69, 9.17) is 0 Å². The number of hydrogen-bond acceptors (Lipinski definition) is 6. The van der Waals surface area contributed by atoms with Crippen molar-refractivity contribution in [2.45, 2.75) is 43.9 Å². The third-order valence-electron chi connectivity index (χ3n) is 6.87. The summed E-state index contributed by atoms with van der Waals surface area (Å²) < 4.78 is 67.0. The molecule has 0 bridgehead atoms. The van der Waals surface area contributed by atoms with Crippen molar-refractivity contribution >= 4 is 20.2 Å². The van der Waals surface area contributed by atoms with Crippen LogP contribution in [-0.4, -0.2) is 37.4 Å². The van der Waals surface area contributed by atoms with Crippen LogP contribution in [0.3, 0.4) is 0 Å². The van der Waals surface area contributed by atoms with Crippen LogP contribution in [0.15, 0.2) is 72.8 Å². The van der Waals surface area contributed by atoms with E-state index in [2.05, 4.69) is 30.3 Å². The number of fused-ring (bicyclic) bond motifs is 3. The molecule has 0 aromatic heterocycles. The molecular weight excluding hydrogens is 530 g/mol. The normalized spacial score (nSPS) is 13.7. The second-order valence-electron chi connectivity index (χ2n) is 9.19. The van der Waals surface area contributed by atoms with Gasteiger partial charge in [-0.2, -0.15) is 0 Å². The molecule has 0 spiro atoms. The number of hydrogen-bond donors (Lipinski definition) is 0. The maximum atomic E-state index is 11.2. The summed E-state index contributed by atoms with van der Waals surface area (Å²) in [5.41, 5.74) is 6.13. The Kier molecular flexibility index (Phi) is 12.1. The Morgan fingerprint density at radius 1 is 0.568 bits per heavy atom. The molecule has 0 amide bonds. The molecule has 0 atom stereocenters. The molecule has 10 heteroatoms. The quantitative estimate of drug-likeness (QED) is 0.171. The topological polar surface area (TPSA) is 114 Å². The standard InChI is InChI=1S/C27H30O6S2.2Na/c28-34(29,30)18-8-6-16-27(17-7-9-19-35(31,32)33)25-13-5-4-12-23(25)24-15-14-22(20-26(24)27)21-10-2-1-3-11-21;;/h1-5,10-15,20H,6-9,16-19H2,(H,28,29,30)(H,31,32,33);;/q;2*+1/p-2. The summed E-state index contributed by atoms with van der Waals surface area (Å²) in [7, 11) is -8.58. The molecular formula is C27H28Na2O6S2. The second-order valence-corrected chi connectivity index (χ2v) is 12.2. The third kappa shape index (κ3) is 8.24. The van der Waals surface area contributed by atoms with Gasteiger partial charge in [-0.1, -0.05) is 79.6 Å². The van der Waals surface area contributed by atoms with Crippen molar-refractivity contribution in [1.82, 2.24) is 0 Å². The van der Waals surface area contributed by atoms with Crippen LogP contribution in [0.2, 0.25) is 0 Å². The van der Waals surface area contributed by atoms with E-state index in [1.807, 2.05) is 42.5 Å². The Morgan fingerprint density at radius 2 is 1.08 bits per heavy atom. The van der Waals surface area contributed by atoms with Crippen molar-refractivity contribution < 1.29 is 85.1 Å². The van der Waals surface area contributed by atoms with Crippen LogP contribution >= 0.6 is 0 Å². The van der Waals surface area contributed by atoms with Gasteiger partial charge in [0.2, 0.25) is 0 Å². The zero-order valence-electron chi connectivity index (χ0n) is 21.4. The van der Waals surface area contributed by atoms with Crippen LogP contribution in [0.1, 0.15) is 49.7 Å². The maximum Gasteiger partial charge on any atom is 1.00 e. The average Bonchev–Trinajstić information content (AvgIpc) is 3.09. The molecule has 6 nitrogen and oxygen atoms in total. The van der Waals surface area contributed by atoms with Gasteiger partial charge in [0.25, 0.3) is 0 Å². The van der Waals surface area contributed by atoms with Gasteiger partial charge in [-0.05, 0) is 65.1 Å². The SMILES string of the molecule is O=S(=O)([O-])CCCCC1(CCCCS(=O)(=O)[O-])c2ccccc2-c2ccc(-c3ccccc3)cc21.[Na+].[Na+]. The molecule has 0 fully saturated rings. The molecule has 3 aromatic carbocycles. The fraction of sp³-hybridized carbons (Fsp3) is 0.333. The predicted octanol–water partition coefficient (Wildman–Crippen LogP) is -0.941. The fourth-order valence-corrected chi connectivity index (χ4v) is 6.46. The zero-order valence-corrected chi connectivity index (χ0v) is 27.0. The average molecular weight is 559 g/mol. The van der Waals surface area contributed by atoms with E-state index in [0.29, 0.717) is 25.7 Å². The first-order valence-corrected chi connectivity index (χ1v) is 14.9. The van der Waals surface area contributed by atoms with Gasteiger partial charge in [-0.15, -0.1) is 0 Å². The summed E-state index contributed by atoms with van der Waals surface area (Å²) in [6.07, 6.45) is 2.83. The largest absolute Gasteiger partial charge is 1.00 e. The molecule has 4 rings (SSSR count). The summed E-state index contributed by atoms with van der Waals surface area (Å²) in [5.74, 6) is -0.813. The van der Waals surface area contributed by atoms with Gasteiger partial charge in [0, 0.05) is 16.9 Å². The van der Waals surface area contributed by atoms with E-state index in [1.165, 1.54) is 0 Å². The van der Waals surface area contributed by atoms with Crippen LogP contribution in [0.5, 0.6) is 0 Å². The summed E-state index contributed by atoms with van der Waals surface area (Å²) in [4.78, 5) is 0. The van der Waals surface area contributed by atoms with Gasteiger partial charge in [0.05, 0.1) is 20.2 Å². The fourth-order valence-electron chi connectivity index (χ4n) is 5.34. The summed E-state index contributed by atoms with van der Waals surface area (Å²) in [6, 6.07) is 24.5. The van der Waals surface area contributed by atoms with Crippen LogP contribution < -0.4 is 59.1 Å². The van der Waals surface area contributed by atoms with E-state index < -0.39 is 37.2 Å². The van der Waals surface area contributed by atoms with E-state index in [9.17, 15) is 25.9 Å². The predicted molar refractivity (Wildman–Crippen MR) is 135 cm³/mol. The van der Waals surface area contributed by atoms with Gasteiger partial charge < -0.3 is 9.11 Å².